The molecule has 2 N–H and O–H groups in total. The van der Waals surface area contributed by atoms with Crippen molar-refractivity contribution < 1.29 is 77.8 Å². The molecule has 0 aromatic heterocycles. The topological polar surface area (TPSA) is 26.0 Å². The number of nitrogen functional groups attached to an aromatic ring is 1. The Kier molecular flexibility index (Phi) is 10.3. The van der Waals surface area contributed by atoms with Crippen molar-refractivity contribution in [3.05, 3.63) is 46.5 Å². The van der Waals surface area contributed by atoms with E-state index in [1.54, 1.807) is 0 Å². The van der Waals surface area contributed by atoms with Crippen LogP contribution in [-0.2, 0) is 77.8 Å². The van der Waals surface area contributed by atoms with Gasteiger partial charge in [-0.15, -0.1) is 0 Å². The Labute approximate surface area is 187 Å². The van der Waals surface area contributed by atoms with E-state index in [1.807, 2.05) is 0 Å². The van der Waals surface area contributed by atoms with Gasteiger partial charge in [0.25, 0.3) is 0 Å². The first-order valence-corrected chi connectivity index (χ1v) is 10.7. The van der Waals surface area contributed by atoms with Gasteiger partial charge in [0.05, 0.1) is 0 Å². The fourth-order valence-corrected chi connectivity index (χ4v) is 5.61. The average Bonchev–Trinajstić information content (AvgIpc) is 2.36. The second-order valence-electron chi connectivity index (χ2n) is 4.84. The molecule has 0 spiro atoms. The van der Waals surface area contributed by atoms with E-state index < -0.39 is 0 Å². The normalized spacial score (nSPS) is 9.81. The first-order valence-electron chi connectivity index (χ1n) is 6.21. The van der Waals surface area contributed by atoms with Crippen molar-refractivity contribution in [2.45, 2.75) is 27.7 Å². The summed E-state index contributed by atoms with van der Waals surface area (Å²) in [6.45, 7) is 8.56. The van der Waals surface area contributed by atoms with Gasteiger partial charge in [0.2, 0.25) is 0 Å². The minimum Gasteiger partial charge on any atom is 0 e. The van der Waals surface area contributed by atoms with Gasteiger partial charge in [0.1, 0.15) is 0 Å². The summed E-state index contributed by atoms with van der Waals surface area (Å²) in [4.78, 5) is 0. The Morgan fingerprint density at radius 1 is 1.05 bits per heavy atom. The zero-order valence-corrected chi connectivity index (χ0v) is 27.2. The first-order chi connectivity index (χ1) is 8.90. The fraction of sp³-hybridized carbons (Fsp3) is 0.250. The third-order valence-electron chi connectivity index (χ3n) is 3.48. The third-order valence-corrected chi connectivity index (χ3v) is 7.48. The molecule has 0 heterocycles. The summed E-state index contributed by atoms with van der Waals surface area (Å²) in [7, 11) is 0. The summed E-state index contributed by atoms with van der Waals surface area (Å²) >= 11 is 0.843. The van der Waals surface area contributed by atoms with Crippen molar-refractivity contribution in [2.75, 3.05) is 5.73 Å². The van der Waals surface area contributed by atoms with Gasteiger partial charge >= 0.3 is 139 Å². The predicted molar refractivity (Wildman–Crippen MR) is 78.6 cm³/mol. The molecule has 1 nitrogen and oxygen atoms in total. The molecular formula is C16H16Hf2HgNSe-2. The molecule has 0 atom stereocenters. The Bertz CT molecular complexity index is 645. The number of benzene rings is 2. The third kappa shape index (κ3) is 5.48. The summed E-state index contributed by atoms with van der Waals surface area (Å²) in [5.41, 5.74) is 12.4. The molecule has 0 bridgehead atoms. The summed E-state index contributed by atoms with van der Waals surface area (Å²) in [6.07, 6.45) is 0. The van der Waals surface area contributed by atoms with Crippen molar-refractivity contribution in [3.63, 3.8) is 0 Å². The Hall–Kier alpha value is 1.43. The second kappa shape index (κ2) is 9.66. The number of hydrogen-bond donors (Lipinski definition) is 1. The smallest absolute Gasteiger partial charge is 0 e. The van der Waals surface area contributed by atoms with Crippen LogP contribution in [0.15, 0.2) is 12.1 Å². The largest absolute Gasteiger partial charge is 0 e. The number of hydrogen-bond acceptors (Lipinski definition) is 1. The molecule has 21 heavy (non-hydrogen) atoms. The summed E-state index contributed by atoms with van der Waals surface area (Å²) in [6, 6.07) is 11.1. The zero-order valence-electron chi connectivity index (χ0n) is 12.8. The van der Waals surface area contributed by atoms with Gasteiger partial charge in [-0.05, 0) is 0 Å². The molecule has 0 radical (unpaired) electrons. The van der Waals surface area contributed by atoms with E-state index in [9.17, 15) is 0 Å². The molecule has 0 unspecified atom stereocenters. The van der Waals surface area contributed by atoms with Crippen LogP contribution in [0.3, 0.4) is 0 Å². The number of nitrogens with two attached hydrogens (primary N) is 1. The van der Waals surface area contributed by atoms with Crippen LogP contribution in [0.2, 0.25) is 0 Å². The van der Waals surface area contributed by atoms with Crippen molar-refractivity contribution in [2.24, 2.45) is 0 Å². The quantitative estimate of drug-likeness (QED) is 0.272. The maximum Gasteiger partial charge on any atom is 0 e. The first kappa shape index (κ1) is 22.4. The maximum absolute atomic E-state index is 6.28. The molecule has 0 amide bonds. The van der Waals surface area contributed by atoms with Crippen LogP contribution in [0.5, 0.6) is 0 Å². The molecule has 2 aromatic rings. The van der Waals surface area contributed by atoms with E-state index in [4.69, 9.17) is 5.73 Å². The maximum atomic E-state index is 6.28. The van der Waals surface area contributed by atoms with Gasteiger partial charge in [-0.1, -0.05) is 0 Å². The van der Waals surface area contributed by atoms with Gasteiger partial charge in [0, 0.05) is 51.7 Å². The standard InChI is InChI=1S/C16H16NSe.2Hf.Hg/c1-10-7-5-6-8-14(10)18-15-9-11(2)12(3)13(4)16(15)17;;;/h8-9H,17H2,1-4H3;;;/q-2;;;. The number of aryl methyl sites for hydroxylation is 2. The minimum atomic E-state index is 0. The van der Waals surface area contributed by atoms with Crippen LogP contribution < -0.4 is 17.7 Å². The second-order valence-corrected chi connectivity index (χ2v) is 9.86. The Morgan fingerprint density at radius 3 is 2.24 bits per heavy atom. The van der Waals surface area contributed by atoms with Crippen LogP contribution in [0.25, 0.3) is 0 Å². The van der Waals surface area contributed by atoms with E-state index in [0.29, 0.717) is 26.1 Å². The Morgan fingerprint density at radius 2 is 1.67 bits per heavy atom. The van der Waals surface area contributed by atoms with E-state index in [1.165, 1.54) is 34.2 Å². The molecule has 0 saturated carbocycles. The van der Waals surface area contributed by atoms with Gasteiger partial charge in [-0.25, -0.2) is 0 Å². The monoisotopic (exact) mass is 864 g/mol. The van der Waals surface area contributed by atoms with E-state index in [0.717, 1.165) is 5.69 Å². The summed E-state index contributed by atoms with van der Waals surface area (Å²) < 4.78 is 3.89. The van der Waals surface area contributed by atoms with Crippen LogP contribution >= 0.6 is 0 Å². The molecule has 103 valence electrons. The van der Waals surface area contributed by atoms with Crippen molar-refractivity contribution in [3.8, 4) is 0 Å². The van der Waals surface area contributed by atoms with Gasteiger partial charge < -0.3 is 0 Å². The molecule has 0 aliphatic carbocycles. The summed E-state index contributed by atoms with van der Waals surface area (Å²) in [5.74, 6) is 0. The van der Waals surface area contributed by atoms with Crippen molar-refractivity contribution in [1.82, 2.24) is 0 Å². The molecule has 0 aliphatic heterocycles. The average molecular weight is 859 g/mol. The SMILES string of the molecule is Cc1[c-][c]([Hg])[c-]cc1[Se]c1cc(C)c(C)c(C)c1N.[Hf].[Hf]. The van der Waals surface area contributed by atoms with Gasteiger partial charge in [-0.2, -0.15) is 0 Å². The number of anilines is 1. The van der Waals surface area contributed by atoms with Crippen LogP contribution in [0.1, 0.15) is 22.3 Å². The van der Waals surface area contributed by atoms with Gasteiger partial charge in [0.15, 0.2) is 0 Å². The molecular weight excluding hydrogens is 843 g/mol. The molecule has 0 fully saturated rings. The number of rotatable bonds is 2. The van der Waals surface area contributed by atoms with Crippen LogP contribution in [-0.4, -0.2) is 15.0 Å². The van der Waals surface area contributed by atoms with Gasteiger partial charge in [-0.3, -0.25) is 0 Å². The van der Waals surface area contributed by atoms with E-state index in [2.05, 4.69) is 52.0 Å². The van der Waals surface area contributed by atoms with Crippen LogP contribution in [0.4, 0.5) is 5.69 Å². The van der Waals surface area contributed by atoms with E-state index in [-0.39, 0.29) is 66.6 Å². The minimum absolute atomic E-state index is 0. The Balaban J connectivity index is 0.00000200. The molecule has 0 aliphatic rings. The van der Waals surface area contributed by atoms with E-state index >= 15 is 0 Å². The fourth-order valence-electron chi connectivity index (χ4n) is 1.96. The molecule has 2 rings (SSSR count). The van der Waals surface area contributed by atoms with Crippen molar-refractivity contribution >= 4 is 32.6 Å². The van der Waals surface area contributed by atoms with Crippen LogP contribution in [0, 0.1) is 39.8 Å². The molecule has 0 saturated heterocycles. The zero-order chi connectivity index (χ0) is 14.2. The molecule has 5 heteroatoms. The molecule has 2 aromatic carbocycles. The van der Waals surface area contributed by atoms with Crippen molar-refractivity contribution in [1.29, 1.82) is 0 Å². The predicted octanol–water partition coefficient (Wildman–Crippen LogP) is 0.925. The summed E-state index contributed by atoms with van der Waals surface area (Å²) in [5, 5.41) is 0.